The minimum absolute atomic E-state index is 0.131. The maximum Gasteiger partial charge on any atom is 0.253 e. The van der Waals surface area contributed by atoms with Gasteiger partial charge < -0.3 is 19.8 Å². The minimum Gasteiger partial charge on any atom is -0.493 e. The molecule has 0 bridgehead atoms. The summed E-state index contributed by atoms with van der Waals surface area (Å²) in [5.41, 5.74) is 1.68. The zero-order valence-corrected chi connectivity index (χ0v) is 15.7. The summed E-state index contributed by atoms with van der Waals surface area (Å²) in [4.78, 5) is 27.2. The average molecular weight is 387 g/mol. The highest BCUT2D eigenvalue weighted by molar-refractivity contribution is 6.30. The molecule has 0 saturated heterocycles. The molecule has 0 fully saturated rings. The standard InChI is InChI=1S/C20H19ClN2O4/c1-26-17-9-13-8-14(20(25)23-16(13)10-18(17)27-2)11-22-19(24)7-12-3-5-15(21)6-4-12/h3-6,8-10H,7,11H2,1-2H3,(H,22,24)(H,23,25). The van der Waals surface area contributed by atoms with Crippen molar-refractivity contribution in [3.8, 4) is 11.5 Å². The summed E-state index contributed by atoms with van der Waals surface area (Å²) in [6, 6.07) is 12.3. The number of amides is 1. The molecular weight excluding hydrogens is 368 g/mol. The lowest BCUT2D eigenvalue weighted by Gasteiger charge is -2.10. The van der Waals surface area contributed by atoms with Gasteiger partial charge in [-0.1, -0.05) is 23.7 Å². The number of hydrogen-bond donors (Lipinski definition) is 2. The smallest absolute Gasteiger partial charge is 0.253 e. The number of aromatic nitrogens is 1. The predicted molar refractivity (Wildman–Crippen MR) is 105 cm³/mol. The van der Waals surface area contributed by atoms with Gasteiger partial charge in [0.15, 0.2) is 11.5 Å². The van der Waals surface area contributed by atoms with Gasteiger partial charge >= 0.3 is 0 Å². The number of benzene rings is 2. The fourth-order valence-corrected chi connectivity index (χ4v) is 2.88. The van der Waals surface area contributed by atoms with Crippen molar-refractivity contribution in [2.75, 3.05) is 14.2 Å². The molecule has 7 heteroatoms. The second kappa shape index (κ2) is 8.14. The third kappa shape index (κ3) is 4.41. The molecule has 0 saturated carbocycles. The van der Waals surface area contributed by atoms with E-state index < -0.39 is 0 Å². The van der Waals surface area contributed by atoms with Gasteiger partial charge in [0.25, 0.3) is 5.56 Å². The van der Waals surface area contributed by atoms with Crippen LogP contribution in [0.25, 0.3) is 10.9 Å². The Bertz CT molecular complexity index is 1030. The van der Waals surface area contributed by atoms with Crippen molar-refractivity contribution in [3.63, 3.8) is 0 Å². The van der Waals surface area contributed by atoms with Crippen LogP contribution >= 0.6 is 11.6 Å². The van der Waals surface area contributed by atoms with Gasteiger partial charge in [-0.25, -0.2) is 0 Å². The lowest BCUT2D eigenvalue weighted by Crippen LogP contribution is -2.27. The normalized spacial score (nSPS) is 10.6. The van der Waals surface area contributed by atoms with Crippen LogP contribution in [0.15, 0.2) is 47.3 Å². The van der Waals surface area contributed by atoms with Crippen molar-refractivity contribution in [1.29, 1.82) is 0 Å². The lowest BCUT2D eigenvalue weighted by atomic mass is 10.1. The van der Waals surface area contributed by atoms with Crippen molar-refractivity contribution in [2.45, 2.75) is 13.0 Å². The van der Waals surface area contributed by atoms with Gasteiger partial charge in [-0.3, -0.25) is 9.59 Å². The van der Waals surface area contributed by atoms with Gasteiger partial charge in [0.1, 0.15) is 0 Å². The number of fused-ring (bicyclic) bond motifs is 1. The van der Waals surface area contributed by atoms with Crippen LogP contribution in [0.1, 0.15) is 11.1 Å². The topological polar surface area (TPSA) is 80.4 Å². The summed E-state index contributed by atoms with van der Waals surface area (Å²) in [6.07, 6.45) is 0.216. The monoisotopic (exact) mass is 386 g/mol. The molecule has 0 atom stereocenters. The molecule has 6 nitrogen and oxygen atoms in total. The third-order valence-corrected chi connectivity index (χ3v) is 4.43. The molecule has 1 amide bonds. The number of methoxy groups -OCH3 is 2. The number of rotatable bonds is 6. The first kappa shape index (κ1) is 18.8. The molecular formula is C20H19ClN2O4. The highest BCUT2D eigenvalue weighted by atomic mass is 35.5. The molecule has 27 heavy (non-hydrogen) atoms. The van der Waals surface area contributed by atoms with Crippen LogP contribution in [0, 0.1) is 0 Å². The quantitative estimate of drug-likeness (QED) is 0.682. The Morgan fingerprint density at radius 2 is 1.74 bits per heavy atom. The Morgan fingerprint density at radius 3 is 2.41 bits per heavy atom. The molecule has 140 valence electrons. The Balaban J connectivity index is 1.76. The SMILES string of the molecule is COc1cc2cc(CNC(=O)Cc3ccc(Cl)cc3)c(=O)[nH]c2cc1OC. The number of nitrogens with one attached hydrogen (secondary N) is 2. The van der Waals surface area contributed by atoms with E-state index in [4.69, 9.17) is 21.1 Å². The van der Waals surface area contributed by atoms with E-state index >= 15 is 0 Å². The van der Waals surface area contributed by atoms with Crippen LogP contribution in [0.5, 0.6) is 11.5 Å². The number of halogens is 1. The van der Waals surface area contributed by atoms with Crippen molar-refractivity contribution >= 4 is 28.4 Å². The molecule has 0 spiro atoms. The summed E-state index contributed by atoms with van der Waals surface area (Å²) in [5.74, 6) is 0.920. The average Bonchev–Trinajstić information content (AvgIpc) is 2.67. The molecule has 0 aliphatic rings. The van der Waals surface area contributed by atoms with Crippen LogP contribution in [0.3, 0.4) is 0 Å². The van der Waals surface area contributed by atoms with E-state index in [2.05, 4.69) is 10.3 Å². The second-order valence-corrected chi connectivity index (χ2v) is 6.43. The molecule has 0 aliphatic carbocycles. The molecule has 3 rings (SSSR count). The number of pyridine rings is 1. The van der Waals surface area contributed by atoms with Gasteiger partial charge in [0, 0.05) is 28.6 Å². The third-order valence-electron chi connectivity index (χ3n) is 4.18. The number of ether oxygens (including phenoxy) is 2. The summed E-state index contributed by atoms with van der Waals surface area (Å²) >= 11 is 5.84. The Hall–Kier alpha value is -2.99. The zero-order valence-electron chi connectivity index (χ0n) is 15.0. The van der Waals surface area contributed by atoms with E-state index in [1.165, 1.54) is 7.11 Å². The molecule has 0 unspecified atom stereocenters. The largest absolute Gasteiger partial charge is 0.493 e. The van der Waals surface area contributed by atoms with Gasteiger partial charge in [-0.15, -0.1) is 0 Å². The van der Waals surface area contributed by atoms with E-state index in [1.54, 1.807) is 49.6 Å². The Kier molecular flexibility index (Phi) is 5.66. The molecule has 1 aromatic heterocycles. The number of H-pyrrole nitrogens is 1. The van der Waals surface area contributed by atoms with Crippen LogP contribution in [-0.4, -0.2) is 25.1 Å². The summed E-state index contributed by atoms with van der Waals surface area (Å²) < 4.78 is 10.5. The summed E-state index contributed by atoms with van der Waals surface area (Å²) in [6.45, 7) is 0.131. The fourth-order valence-electron chi connectivity index (χ4n) is 2.75. The van der Waals surface area contributed by atoms with Crippen LogP contribution in [0.4, 0.5) is 0 Å². The van der Waals surface area contributed by atoms with E-state index in [0.29, 0.717) is 27.6 Å². The summed E-state index contributed by atoms with van der Waals surface area (Å²) in [7, 11) is 3.08. The first-order valence-electron chi connectivity index (χ1n) is 8.29. The van der Waals surface area contributed by atoms with E-state index in [-0.39, 0.29) is 24.4 Å². The highest BCUT2D eigenvalue weighted by Gasteiger charge is 2.10. The maximum absolute atomic E-state index is 12.3. The Morgan fingerprint density at radius 1 is 1.07 bits per heavy atom. The molecule has 0 aliphatic heterocycles. The molecule has 1 heterocycles. The molecule has 0 radical (unpaired) electrons. The van der Waals surface area contributed by atoms with Gasteiger partial charge in [0.2, 0.25) is 5.91 Å². The van der Waals surface area contributed by atoms with E-state index in [0.717, 1.165) is 10.9 Å². The highest BCUT2D eigenvalue weighted by Crippen LogP contribution is 2.30. The van der Waals surface area contributed by atoms with E-state index in [9.17, 15) is 9.59 Å². The van der Waals surface area contributed by atoms with Crippen molar-refractivity contribution in [3.05, 3.63) is 69.0 Å². The van der Waals surface area contributed by atoms with Crippen molar-refractivity contribution in [2.24, 2.45) is 0 Å². The number of aromatic amines is 1. The number of carbonyl (C=O) groups excluding carboxylic acids is 1. The van der Waals surface area contributed by atoms with E-state index in [1.807, 2.05) is 0 Å². The Labute approximate surface area is 161 Å². The van der Waals surface area contributed by atoms with Crippen LogP contribution in [0.2, 0.25) is 5.02 Å². The summed E-state index contributed by atoms with van der Waals surface area (Å²) in [5, 5.41) is 4.18. The van der Waals surface area contributed by atoms with Crippen molar-refractivity contribution < 1.29 is 14.3 Å². The first-order valence-corrected chi connectivity index (χ1v) is 8.67. The van der Waals surface area contributed by atoms with Gasteiger partial charge in [0.05, 0.1) is 26.2 Å². The molecule has 3 aromatic rings. The number of carbonyl (C=O) groups is 1. The first-order chi connectivity index (χ1) is 13.0. The minimum atomic E-state index is -0.262. The fraction of sp³-hybridized carbons (Fsp3) is 0.200. The van der Waals surface area contributed by atoms with Crippen LogP contribution < -0.4 is 20.3 Å². The van der Waals surface area contributed by atoms with Gasteiger partial charge in [-0.05, 0) is 29.8 Å². The van der Waals surface area contributed by atoms with Gasteiger partial charge in [-0.2, -0.15) is 0 Å². The van der Waals surface area contributed by atoms with Crippen molar-refractivity contribution in [1.82, 2.24) is 10.3 Å². The number of hydrogen-bond acceptors (Lipinski definition) is 4. The van der Waals surface area contributed by atoms with Crippen LogP contribution in [-0.2, 0) is 17.8 Å². The lowest BCUT2D eigenvalue weighted by molar-refractivity contribution is -0.120. The predicted octanol–water partition coefficient (Wildman–Crippen LogP) is 3.06. The molecule has 2 aromatic carbocycles. The zero-order chi connectivity index (χ0) is 19.4. The second-order valence-electron chi connectivity index (χ2n) is 6.00. The maximum atomic E-state index is 12.3. The molecule has 2 N–H and O–H groups in total.